The lowest BCUT2D eigenvalue weighted by Crippen LogP contribution is -2.56. The van der Waals surface area contributed by atoms with Gasteiger partial charge in [-0.05, 0) is 29.9 Å². The zero-order valence-electron chi connectivity index (χ0n) is 21.0. The zero-order valence-corrected chi connectivity index (χ0v) is 21.0. The molecule has 0 radical (unpaired) electrons. The molecule has 37 heavy (non-hydrogen) atoms. The van der Waals surface area contributed by atoms with Gasteiger partial charge in [-0.2, -0.15) is 0 Å². The van der Waals surface area contributed by atoms with E-state index in [4.69, 9.17) is 5.11 Å². The maximum Gasteiger partial charge on any atom is 0.305 e. The molecule has 2 aromatic carbocycles. The summed E-state index contributed by atoms with van der Waals surface area (Å²) >= 11 is 0. The van der Waals surface area contributed by atoms with Gasteiger partial charge < -0.3 is 25.4 Å². The summed E-state index contributed by atoms with van der Waals surface area (Å²) in [7, 11) is 0. The Kier molecular flexibility index (Phi) is 9.54. The molecule has 1 fully saturated rings. The van der Waals surface area contributed by atoms with Crippen molar-refractivity contribution in [1.82, 2.24) is 15.5 Å². The molecule has 3 amide bonds. The van der Waals surface area contributed by atoms with Crippen molar-refractivity contribution in [3.05, 3.63) is 71.8 Å². The molecule has 9 nitrogen and oxygen atoms in total. The second-order valence-electron chi connectivity index (χ2n) is 9.52. The van der Waals surface area contributed by atoms with E-state index in [2.05, 4.69) is 10.6 Å². The van der Waals surface area contributed by atoms with Crippen molar-refractivity contribution in [2.75, 3.05) is 6.54 Å². The van der Waals surface area contributed by atoms with Crippen molar-refractivity contribution in [2.45, 2.75) is 57.2 Å². The van der Waals surface area contributed by atoms with Crippen LogP contribution < -0.4 is 10.6 Å². The Morgan fingerprint density at radius 2 is 1.54 bits per heavy atom. The number of hydrogen-bond acceptors (Lipinski definition) is 5. The van der Waals surface area contributed by atoms with Crippen LogP contribution in [-0.2, 0) is 24.0 Å². The highest BCUT2D eigenvalue weighted by atomic mass is 16.4. The first-order valence-electron chi connectivity index (χ1n) is 12.4. The Balaban J connectivity index is 1.80. The van der Waals surface area contributed by atoms with Crippen molar-refractivity contribution in [3.63, 3.8) is 0 Å². The highest BCUT2D eigenvalue weighted by Crippen LogP contribution is 2.26. The SMILES string of the molecule is CC(C)[C@H](NC(=O)C(c1ccccc1)c1ccccc1)C(=O)N1CCC[C@H]1C(=O)N[C@H](C=O)CC(=O)O. The summed E-state index contributed by atoms with van der Waals surface area (Å²) in [5, 5.41) is 14.3. The van der Waals surface area contributed by atoms with Crippen LogP contribution in [0.15, 0.2) is 60.7 Å². The Labute approximate surface area is 216 Å². The average molecular weight is 508 g/mol. The maximum atomic E-state index is 13.6. The monoisotopic (exact) mass is 507 g/mol. The Morgan fingerprint density at radius 3 is 2.03 bits per heavy atom. The molecule has 3 N–H and O–H groups in total. The number of hydrogen-bond donors (Lipinski definition) is 3. The van der Waals surface area contributed by atoms with E-state index in [0.717, 1.165) is 11.1 Å². The Bertz CT molecular complexity index is 1070. The number of carbonyl (C=O) groups excluding carboxylic acids is 4. The molecule has 0 unspecified atom stereocenters. The number of aliphatic carboxylic acids is 1. The molecule has 1 aliphatic heterocycles. The van der Waals surface area contributed by atoms with Crippen LogP contribution in [0, 0.1) is 5.92 Å². The minimum absolute atomic E-state index is 0.261. The molecule has 9 heteroatoms. The van der Waals surface area contributed by atoms with Gasteiger partial charge in [0.2, 0.25) is 17.7 Å². The number of nitrogens with one attached hydrogen (secondary N) is 2. The fraction of sp³-hybridized carbons (Fsp3) is 0.393. The summed E-state index contributed by atoms with van der Waals surface area (Å²) in [4.78, 5) is 63.7. The van der Waals surface area contributed by atoms with Crippen LogP contribution >= 0.6 is 0 Å². The smallest absolute Gasteiger partial charge is 0.305 e. The van der Waals surface area contributed by atoms with Crippen LogP contribution in [0.25, 0.3) is 0 Å². The van der Waals surface area contributed by atoms with E-state index in [1.165, 1.54) is 4.90 Å². The summed E-state index contributed by atoms with van der Waals surface area (Å²) in [5.41, 5.74) is 1.58. The lowest BCUT2D eigenvalue weighted by atomic mass is 9.89. The van der Waals surface area contributed by atoms with Crippen LogP contribution in [0.3, 0.4) is 0 Å². The Hall–Kier alpha value is -4.01. The van der Waals surface area contributed by atoms with Gasteiger partial charge >= 0.3 is 5.97 Å². The minimum Gasteiger partial charge on any atom is -0.481 e. The lowest BCUT2D eigenvalue weighted by molar-refractivity contribution is -0.143. The number of carboxylic acid groups (broad SMARTS) is 1. The second-order valence-corrected chi connectivity index (χ2v) is 9.52. The number of benzene rings is 2. The van der Waals surface area contributed by atoms with E-state index in [-0.39, 0.29) is 17.7 Å². The fourth-order valence-electron chi connectivity index (χ4n) is 4.62. The van der Waals surface area contributed by atoms with E-state index >= 15 is 0 Å². The average Bonchev–Trinajstić information content (AvgIpc) is 3.38. The highest BCUT2D eigenvalue weighted by molar-refractivity contribution is 5.95. The third-order valence-electron chi connectivity index (χ3n) is 6.48. The van der Waals surface area contributed by atoms with Crippen molar-refractivity contribution in [1.29, 1.82) is 0 Å². The largest absolute Gasteiger partial charge is 0.481 e. The van der Waals surface area contributed by atoms with Gasteiger partial charge in [0.15, 0.2) is 0 Å². The molecule has 2 aromatic rings. The molecule has 1 saturated heterocycles. The molecule has 196 valence electrons. The Morgan fingerprint density at radius 1 is 0.973 bits per heavy atom. The topological polar surface area (TPSA) is 133 Å². The normalized spacial score (nSPS) is 16.8. The number of carbonyl (C=O) groups is 5. The van der Waals surface area contributed by atoms with Gasteiger partial charge in [-0.25, -0.2) is 0 Å². The van der Waals surface area contributed by atoms with Crippen LogP contribution in [0.4, 0.5) is 0 Å². The summed E-state index contributed by atoms with van der Waals surface area (Å²) in [6.45, 7) is 3.97. The molecule has 1 aliphatic rings. The number of amides is 3. The van der Waals surface area contributed by atoms with Gasteiger partial charge in [0.1, 0.15) is 18.4 Å². The van der Waals surface area contributed by atoms with Gasteiger partial charge in [-0.15, -0.1) is 0 Å². The van der Waals surface area contributed by atoms with Crippen LogP contribution in [0.2, 0.25) is 0 Å². The van der Waals surface area contributed by atoms with Crippen LogP contribution in [0.1, 0.15) is 50.2 Å². The number of aldehydes is 1. The first-order chi connectivity index (χ1) is 17.7. The van der Waals surface area contributed by atoms with Crippen LogP contribution in [-0.4, -0.2) is 64.7 Å². The molecule has 0 spiro atoms. The van der Waals surface area contributed by atoms with Gasteiger partial charge in [0, 0.05) is 6.54 Å². The van der Waals surface area contributed by atoms with Crippen molar-refractivity contribution in [2.24, 2.45) is 5.92 Å². The molecule has 3 rings (SSSR count). The van der Waals surface area contributed by atoms with Gasteiger partial charge in [0.05, 0.1) is 18.4 Å². The maximum absolute atomic E-state index is 13.6. The molecule has 0 aromatic heterocycles. The lowest BCUT2D eigenvalue weighted by Gasteiger charge is -2.32. The molecular formula is C28H33N3O6. The molecular weight excluding hydrogens is 474 g/mol. The zero-order chi connectivity index (χ0) is 26.9. The first-order valence-corrected chi connectivity index (χ1v) is 12.4. The van der Waals surface area contributed by atoms with Gasteiger partial charge in [-0.3, -0.25) is 19.2 Å². The van der Waals surface area contributed by atoms with E-state index in [1.54, 1.807) is 0 Å². The summed E-state index contributed by atoms with van der Waals surface area (Å²) in [6.07, 6.45) is 0.786. The molecule has 1 heterocycles. The summed E-state index contributed by atoms with van der Waals surface area (Å²) in [6, 6.07) is 15.7. The molecule has 0 saturated carbocycles. The highest BCUT2D eigenvalue weighted by Gasteiger charge is 2.40. The standard InChI is InChI=1S/C28H33N3O6/c1-18(2)25(28(37)31-15-9-14-22(31)26(35)29-21(17-32)16-23(33)34)30-27(36)24(19-10-5-3-6-11-19)20-12-7-4-8-13-20/h3-8,10-13,17-18,21-22,24-25H,9,14-16H2,1-2H3,(H,29,35)(H,30,36)(H,33,34)/t21-,22-,25-/m0/s1. The quantitative estimate of drug-likeness (QED) is 0.399. The van der Waals surface area contributed by atoms with E-state index in [0.29, 0.717) is 25.7 Å². The second kappa shape index (κ2) is 12.8. The summed E-state index contributed by atoms with van der Waals surface area (Å²) in [5.74, 6) is -3.40. The first kappa shape index (κ1) is 27.6. The predicted octanol–water partition coefficient (Wildman–Crippen LogP) is 2.11. The number of nitrogens with zero attached hydrogens (tertiary/aromatic N) is 1. The van der Waals surface area contributed by atoms with Crippen molar-refractivity contribution >= 4 is 30.0 Å². The minimum atomic E-state index is -1.22. The predicted molar refractivity (Wildman–Crippen MR) is 136 cm³/mol. The van der Waals surface area contributed by atoms with Crippen molar-refractivity contribution < 1.29 is 29.1 Å². The van der Waals surface area contributed by atoms with E-state index < -0.39 is 42.3 Å². The van der Waals surface area contributed by atoms with Gasteiger partial charge in [0.25, 0.3) is 0 Å². The molecule has 0 aliphatic carbocycles. The third kappa shape index (κ3) is 7.03. The fourth-order valence-corrected chi connectivity index (χ4v) is 4.62. The van der Waals surface area contributed by atoms with Crippen molar-refractivity contribution in [3.8, 4) is 0 Å². The number of rotatable bonds is 11. The third-order valence-corrected chi connectivity index (χ3v) is 6.48. The van der Waals surface area contributed by atoms with Crippen LogP contribution in [0.5, 0.6) is 0 Å². The number of likely N-dealkylation sites (tertiary alicyclic amines) is 1. The van der Waals surface area contributed by atoms with E-state index in [1.807, 2.05) is 74.5 Å². The summed E-state index contributed by atoms with van der Waals surface area (Å²) < 4.78 is 0. The van der Waals surface area contributed by atoms with E-state index in [9.17, 15) is 24.0 Å². The van der Waals surface area contributed by atoms with Gasteiger partial charge in [-0.1, -0.05) is 74.5 Å². The molecule has 3 atom stereocenters. The number of carboxylic acids is 1. The molecule has 0 bridgehead atoms.